The minimum Gasteiger partial charge on any atom is -0.495 e. The van der Waals surface area contributed by atoms with Crippen LogP contribution in [0, 0.1) is 0 Å². The third-order valence-corrected chi connectivity index (χ3v) is 3.16. The molecule has 0 spiro atoms. The van der Waals surface area contributed by atoms with Crippen LogP contribution in [0.3, 0.4) is 0 Å². The van der Waals surface area contributed by atoms with Crippen LogP contribution in [-0.4, -0.2) is 37.0 Å². The maximum absolute atomic E-state index is 12.6. The standard InChI is InChI=1S/C13H15ClF3NO4/c1-12(20,13(15,16)17)6-11(19)18-8-5-9(21-2)7(14)4-10(8)22-3/h4-5,20H,6H2,1-3H3,(H,18,19)/t12-/m0/s1. The van der Waals surface area contributed by atoms with Gasteiger partial charge in [0, 0.05) is 12.1 Å². The topological polar surface area (TPSA) is 67.8 Å². The van der Waals surface area contributed by atoms with Crippen LogP contribution in [0.4, 0.5) is 18.9 Å². The van der Waals surface area contributed by atoms with Crippen LogP contribution in [-0.2, 0) is 4.79 Å². The van der Waals surface area contributed by atoms with Gasteiger partial charge >= 0.3 is 6.18 Å². The molecule has 1 amide bonds. The molecule has 0 bridgehead atoms. The Labute approximate surface area is 130 Å². The number of anilines is 1. The molecule has 0 aliphatic heterocycles. The summed E-state index contributed by atoms with van der Waals surface area (Å²) in [4.78, 5) is 11.7. The number of hydrogen-bond donors (Lipinski definition) is 2. The molecule has 0 heterocycles. The molecule has 124 valence electrons. The number of rotatable bonds is 5. The first kappa shape index (κ1) is 18.4. The molecule has 0 aliphatic rings. The molecule has 1 aromatic carbocycles. The van der Waals surface area contributed by atoms with Crippen LogP contribution in [0.1, 0.15) is 13.3 Å². The monoisotopic (exact) mass is 341 g/mol. The van der Waals surface area contributed by atoms with Crippen molar-refractivity contribution >= 4 is 23.2 Å². The smallest absolute Gasteiger partial charge is 0.417 e. The number of ether oxygens (including phenoxy) is 2. The lowest BCUT2D eigenvalue weighted by Gasteiger charge is -2.25. The zero-order valence-corrected chi connectivity index (χ0v) is 12.8. The van der Waals surface area contributed by atoms with E-state index in [1.54, 1.807) is 0 Å². The highest BCUT2D eigenvalue weighted by Crippen LogP contribution is 2.37. The number of amides is 1. The summed E-state index contributed by atoms with van der Waals surface area (Å²) < 4.78 is 47.6. The van der Waals surface area contributed by atoms with Crippen molar-refractivity contribution in [1.82, 2.24) is 0 Å². The zero-order valence-electron chi connectivity index (χ0n) is 12.0. The van der Waals surface area contributed by atoms with E-state index in [2.05, 4.69) is 5.32 Å². The third kappa shape index (κ3) is 4.17. The summed E-state index contributed by atoms with van der Waals surface area (Å²) in [5.41, 5.74) is -3.06. The van der Waals surface area contributed by atoms with Gasteiger partial charge in [-0.15, -0.1) is 0 Å². The summed E-state index contributed by atoms with van der Waals surface area (Å²) in [5, 5.41) is 11.7. The number of alkyl halides is 3. The van der Waals surface area contributed by atoms with Gasteiger partial charge in [0.2, 0.25) is 5.91 Å². The van der Waals surface area contributed by atoms with Gasteiger partial charge in [-0.1, -0.05) is 11.6 Å². The van der Waals surface area contributed by atoms with Crippen molar-refractivity contribution in [1.29, 1.82) is 0 Å². The number of nitrogens with one attached hydrogen (secondary N) is 1. The number of methoxy groups -OCH3 is 2. The van der Waals surface area contributed by atoms with Crippen molar-refractivity contribution in [2.75, 3.05) is 19.5 Å². The van der Waals surface area contributed by atoms with E-state index in [4.69, 9.17) is 21.1 Å². The minimum absolute atomic E-state index is 0.0757. The van der Waals surface area contributed by atoms with Crippen molar-refractivity contribution in [3.8, 4) is 11.5 Å². The van der Waals surface area contributed by atoms with Crippen molar-refractivity contribution in [2.24, 2.45) is 0 Å². The van der Waals surface area contributed by atoms with Crippen LogP contribution in [0.25, 0.3) is 0 Å². The third-order valence-electron chi connectivity index (χ3n) is 2.86. The van der Waals surface area contributed by atoms with Crippen LogP contribution in [0.2, 0.25) is 5.02 Å². The van der Waals surface area contributed by atoms with E-state index in [0.717, 1.165) is 0 Å². The Morgan fingerprint density at radius 3 is 2.27 bits per heavy atom. The van der Waals surface area contributed by atoms with Gasteiger partial charge in [-0.05, 0) is 6.92 Å². The molecule has 0 fully saturated rings. The van der Waals surface area contributed by atoms with E-state index in [1.165, 1.54) is 26.4 Å². The van der Waals surface area contributed by atoms with E-state index >= 15 is 0 Å². The molecule has 22 heavy (non-hydrogen) atoms. The van der Waals surface area contributed by atoms with Gasteiger partial charge < -0.3 is 19.9 Å². The Bertz CT molecular complexity index is 561. The Balaban J connectivity index is 2.97. The lowest BCUT2D eigenvalue weighted by atomic mass is 10.0. The molecule has 0 saturated carbocycles. The molecule has 1 aromatic rings. The average molecular weight is 342 g/mol. The number of aliphatic hydroxyl groups is 1. The zero-order chi connectivity index (χ0) is 17.1. The predicted octanol–water partition coefficient (Wildman–Crippen LogP) is 3.00. The molecule has 1 atom stereocenters. The van der Waals surface area contributed by atoms with Crippen LogP contribution < -0.4 is 14.8 Å². The van der Waals surface area contributed by atoms with Crippen LogP contribution in [0.15, 0.2) is 12.1 Å². The number of benzene rings is 1. The molecule has 0 saturated heterocycles. The molecule has 1 rings (SSSR count). The predicted molar refractivity (Wildman–Crippen MR) is 74.5 cm³/mol. The summed E-state index contributed by atoms with van der Waals surface area (Å²) in [6.45, 7) is 0.520. The van der Waals surface area contributed by atoms with Gasteiger partial charge in [0.05, 0.1) is 31.4 Å². The molecule has 9 heteroatoms. The van der Waals surface area contributed by atoms with Gasteiger partial charge in [-0.25, -0.2) is 0 Å². The van der Waals surface area contributed by atoms with Gasteiger partial charge in [-0.3, -0.25) is 4.79 Å². The quantitative estimate of drug-likeness (QED) is 0.864. The molecular weight excluding hydrogens is 327 g/mol. The maximum Gasteiger partial charge on any atom is 0.417 e. The summed E-state index contributed by atoms with van der Waals surface area (Å²) in [6.07, 6.45) is -6.09. The Morgan fingerprint density at radius 2 is 1.82 bits per heavy atom. The fraction of sp³-hybridized carbons (Fsp3) is 0.462. The van der Waals surface area contributed by atoms with E-state index < -0.39 is 24.1 Å². The lowest BCUT2D eigenvalue weighted by Crippen LogP contribution is -2.44. The minimum atomic E-state index is -4.92. The number of halogens is 4. The first-order valence-electron chi connectivity index (χ1n) is 6.02. The SMILES string of the molecule is COc1cc(NC(=O)C[C@](C)(O)C(F)(F)F)c(OC)cc1Cl. The highest BCUT2D eigenvalue weighted by Gasteiger charge is 2.51. The van der Waals surface area contributed by atoms with Crippen LogP contribution in [0.5, 0.6) is 11.5 Å². The van der Waals surface area contributed by atoms with Crippen molar-refractivity contribution in [2.45, 2.75) is 25.1 Å². The van der Waals surface area contributed by atoms with E-state index in [1.807, 2.05) is 0 Å². The summed E-state index contributed by atoms with van der Waals surface area (Å²) >= 11 is 5.88. The maximum atomic E-state index is 12.6. The second-order valence-electron chi connectivity index (χ2n) is 4.68. The molecule has 5 nitrogen and oxygen atoms in total. The van der Waals surface area contributed by atoms with Crippen molar-refractivity contribution in [3.05, 3.63) is 17.2 Å². The number of carbonyl (C=O) groups excluding carboxylic acids is 1. The first-order valence-corrected chi connectivity index (χ1v) is 6.40. The van der Waals surface area contributed by atoms with Gasteiger partial charge in [0.25, 0.3) is 0 Å². The van der Waals surface area contributed by atoms with E-state index in [9.17, 15) is 23.1 Å². The average Bonchev–Trinajstić information content (AvgIpc) is 2.38. The molecule has 0 radical (unpaired) electrons. The highest BCUT2D eigenvalue weighted by molar-refractivity contribution is 6.32. The normalized spacial score (nSPS) is 14.2. The van der Waals surface area contributed by atoms with E-state index in [0.29, 0.717) is 6.92 Å². The molecule has 0 aliphatic carbocycles. The highest BCUT2D eigenvalue weighted by atomic mass is 35.5. The van der Waals surface area contributed by atoms with Crippen molar-refractivity contribution < 1.29 is 32.5 Å². The Morgan fingerprint density at radius 1 is 1.27 bits per heavy atom. The lowest BCUT2D eigenvalue weighted by molar-refractivity contribution is -0.252. The Kier molecular flexibility index (Phi) is 5.53. The molecule has 0 aromatic heterocycles. The van der Waals surface area contributed by atoms with E-state index in [-0.39, 0.29) is 22.2 Å². The number of carbonyl (C=O) groups is 1. The van der Waals surface area contributed by atoms with Crippen molar-refractivity contribution in [3.63, 3.8) is 0 Å². The fourth-order valence-electron chi connectivity index (χ4n) is 1.57. The largest absolute Gasteiger partial charge is 0.495 e. The second-order valence-corrected chi connectivity index (χ2v) is 5.09. The molecule has 2 N–H and O–H groups in total. The Hall–Kier alpha value is -1.67. The molecular formula is C13H15ClF3NO4. The molecule has 0 unspecified atom stereocenters. The van der Waals surface area contributed by atoms with Gasteiger partial charge in [-0.2, -0.15) is 13.2 Å². The van der Waals surface area contributed by atoms with Gasteiger partial charge in [0.15, 0.2) is 5.60 Å². The summed E-state index contributed by atoms with van der Waals surface area (Å²) in [7, 11) is 2.65. The summed E-state index contributed by atoms with van der Waals surface area (Å²) in [6, 6.07) is 2.65. The second kappa shape index (κ2) is 6.62. The van der Waals surface area contributed by atoms with Gasteiger partial charge in [0.1, 0.15) is 11.5 Å². The number of hydrogen-bond acceptors (Lipinski definition) is 4. The summed E-state index contributed by atoms with van der Waals surface area (Å²) in [5.74, 6) is -0.684. The van der Waals surface area contributed by atoms with Crippen LogP contribution >= 0.6 is 11.6 Å². The first-order chi connectivity index (χ1) is 10.0. The fourth-order valence-corrected chi connectivity index (χ4v) is 1.80.